The van der Waals surface area contributed by atoms with Crippen molar-refractivity contribution >= 4 is 6.08 Å². The first-order valence-corrected chi connectivity index (χ1v) is 8.52. The Labute approximate surface area is 150 Å². The molecule has 0 aliphatic carbocycles. The van der Waals surface area contributed by atoms with Gasteiger partial charge in [0.25, 0.3) is 0 Å². The molecule has 0 amide bonds. The van der Waals surface area contributed by atoms with Crippen molar-refractivity contribution in [3.05, 3.63) is 60.2 Å². The van der Waals surface area contributed by atoms with E-state index in [9.17, 15) is 5.11 Å². The van der Waals surface area contributed by atoms with Gasteiger partial charge in [0.05, 0.1) is 0 Å². The van der Waals surface area contributed by atoms with Crippen molar-refractivity contribution in [2.75, 3.05) is 33.9 Å². The minimum absolute atomic E-state index is 0.176. The summed E-state index contributed by atoms with van der Waals surface area (Å²) in [4.78, 5) is 1.93. The number of benzene rings is 2. The van der Waals surface area contributed by atoms with Crippen molar-refractivity contribution < 1.29 is 14.9 Å². The molecule has 0 fully saturated rings. The van der Waals surface area contributed by atoms with E-state index in [0.29, 0.717) is 13.0 Å². The number of rotatable bonds is 9. The normalized spacial score (nSPS) is 12.7. The number of aliphatic hydroxyl groups excluding tert-OH is 2. The highest BCUT2D eigenvalue weighted by Gasteiger charge is 2.06. The zero-order chi connectivity index (χ0) is 18.1. The van der Waals surface area contributed by atoms with E-state index in [-0.39, 0.29) is 13.2 Å². The van der Waals surface area contributed by atoms with E-state index in [1.54, 1.807) is 0 Å². The highest BCUT2D eigenvalue weighted by molar-refractivity contribution is 5.66. The zero-order valence-electron chi connectivity index (χ0n) is 14.9. The van der Waals surface area contributed by atoms with Crippen LogP contribution >= 0.6 is 0 Å². The lowest BCUT2D eigenvalue weighted by atomic mass is 10.0. The van der Waals surface area contributed by atoms with E-state index in [1.165, 1.54) is 0 Å². The SMILES string of the molecule is CN(C)CC(O)COc1ccc(-c2ccc(/C=C/CCO)cc2)cc1. The third-order valence-electron chi connectivity index (χ3n) is 3.72. The van der Waals surface area contributed by atoms with Crippen molar-refractivity contribution in [1.82, 2.24) is 4.90 Å². The van der Waals surface area contributed by atoms with E-state index >= 15 is 0 Å². The van der Waals surface area contributed by atoms with Crippen LogP contribution in [0.2, 0.25) is 0 Å². The van der Waals surface area contributed by atoms with Gasteiger partial charge in [0.2, 0.25) is 0 Å². The van der Waals surface area contributed by atoms with Crippen molar-refractivity contribution in [3.8, 4) is 16.9 Å². The van der Waals surface area contributed by atoms with Crippen LogP contribution in [0.15, 0.2) is 54.6 Å². The molecule has 2 aromatic rings. The van der Waals surface area contributed by atoms with Gasteiger partial charge in [0.1, 0.15) is 18.5 Å². The molecule has 2 aromatic carbocycles. The Kier molecular flexibility index (Phi) is 7.67. The summed E-state index contributed by atoms with van der Waals surface area (Å²) in [5.41, 5.74) is 3.37. The first-order valence-electron chi connectivity index (χ1n) is 8.52. The highest BCUT2D eigenvalue weighted by atomic mass is 16.5. The van der Waals surface area contributed by atoms with Crippen LogP contribution in [-0.2, 0) is 0 Å². The molecule has 2 N–H and O–H groups in total. The maximum absolute atomic E-state index is 9.83. The lowest BCUT2D eigenvalue weighted by Crippen LogP contribution is -2.30. The van der Waals surface area contributed by atoms with Gasteiger partial charge in [-0.1, -0.05) is 48.6 Å². The molecule has 0 saturated carbocycles. The van der Waals surface area contributed by atoms with E-state index in [1.807, 2.05) is 55.4 Å². The van der Waals surface area contributed by atoms with Crippen LogP contribution in [0.1, 0.15) is 12.0 Å². The first-order chi connectivity index (χ1) is 12.1. The minimum atomic E-state index is -0.499. The minimum Gasteiger partial charge on any atom is -0.491 e. The van der Waals surface area contributed by atoms with E-state index < -0.39 is 6.10 Å². The maximum atomic E-state index is 9.83. The molecule has 0 radical (unpaired) electrons. The molecule has 0 spiro atoms. The lowest BCUT2D eigenvalue weighted by molar-refractivity contribution is 0.0831. The summed E-state index contributed by atoms with van der Waals surface area (Å²) >= 11 is 0. The molecule has 1 atom stereocenters. The molecular formula is C21H27NO3. The van der Waals surface area contributed by atoms with Gasteiger partial charge in [-0.05, 0) is 49.3 Å². The van der Waals surface area contributed by atoms with Crippen molar-refractivity contribution in [1.29, 1.82) is 0 Å². The molecule has 134 valence electrons. The van der Waals surface area contributed by atoms with Crippen molar-refractivity contribution in [2.45, 2.75) is 12.5 Å². The zero-order valence-corrected chi connectivity index (χ0v) is 14.9. The predicted molar refractivity (Wildman–Crippen MR) is 103 cm³/mol. The van der Waals surface area contributed by atoms with Gasteiger partial charge >= 0.3 is 0 Å². The smallest absolute Gasteiger partial charge is 0.119 e. The van der Waals surface area contributed by atoms with Gasteiger partial charge in [-0.15, -0.1) is 0 Å². The Balaban J connectivity index is 1.93. The van der Waals surface area contributed by atoms with Crippen LogP contribution in [0.3, 0.4) is 0 Å². The van der Waals surface area contributed by atoms with Gasteiger partial charge in [-0.2, -0.15) is 0 Å². The molecule has 1 unspecified atom stereocenters. The summed E-state index contributed by atoms with van der Waals surface area (Å²) in [6, 6.07) is 16.2. The predicted octanol–water partition coefficient (Wildman–Crippen LogP) is 3.05. The summed E-state index contributed by atoms with van der Waals surface area (Å²) < 4.78 is 5.63. The van der Waals surface area contributed by atoms with Crippen LogP contribution in [-0.4, -0.2) is 55.1 Å². The van der Waals surface area contributed by atoms with Crippen LogP contribution in [0.5, 0.6) is 5.75 Å². The number of likely N-dealkylation sites (N-methyl/N-ethyl adjacent to an activating group) is 1. The van der Waals surface area contributed by atoms with E-state index in [4.69, 9.17) is 9.84 Å². The van der Waals surface area contributed by atoms with E-state index in [2.05, 4.69) is 24.3 Å². The Hall–Kier alpha value is -2.14. The number of ether oxygens (including phenoxy) is 1. The van der Waals surface area contributed by atoms with Crippen molar-refractivity contribution in [2.24, 2.45) is 0 Å². The topological polar surface area (TPSA) is 52.9 Å². The van der Waals surface area contributed by atoms with Gasteiger partial charge in [-0.3, -0.25) is 0 Å². The molecule has 4 heteroatoms. The number of aliphatic hydroxyl groups is 2. The summed E-state index contributed by atoms with van der Waals surface area (Å²) in [5, 5.41) is 18.6. The fraction of sp³-hybridized carbons (Fsp3) is 0.333. The Morgan fingerprint density at radius 2 is 1.60 bits per heavy atom. The number of hydrogen-bond acceptors (Lipinski definition) is 4. The summed E-state index contributed by atoms with van der Waals surface area (Å²) in [7, 11) is 3.84. The molecule has 0 bridgehead atoms. The molecule has 25 heavy (non-hydrogen) atoms. The van der Waals surface area contributed by atoms with Crippen LogP contribution in [0, 0.1) is 0 Å². The van der Waals surface area contributed by atoms with Gasteiger partial charge in [0, 0.05) is 13.2 Å². The second-order valence-corrected chi connectivity index (χ2v) is 6.29. The molecule has 0 aliphatic rings. The molecule has 4 nitrogen and oxygen atoms in total. The standard InChI is InChI=1S/C21H27NO3/c1-22(2)15-20(24)16-25-21-12-10-19(11-13-21)18-8-6-17(7-9-18)5-3-4-14-23/h3,5-13,20,23-24H,4,14-16H2,1-2H3/b5-3+. The molecule has 0 aliphatic heterocycles. The summed E-state index contributed by atoms with van der Waals surface area (Å²) in [6.45, 7) is 1.04. The first kappa shape index (κ1) is 19.2. The summed E-state index contributed by atoms with van der Waals surface area (Å²) in [6.07, 6.45) is 4.15. The third-order valence-corrected chi connectivity index (χ3v) is 3.72. The highest BCUT2D eigenvalue weighted by Crippen LogP contribution is 2.23. The molecular weight excluding hydrogens is 314 g/mol. The number of nitrogens with zero attached hydrogens (tertiary/aromatic N) is 1. The maximum Gasteiger partial charge on any atom is 0.119 e. The number of hydrogen-bond donors (Lipinski definition) is 2. The average molecular weight is 341 g/mol. The van der Waals surface area contributed by atoms with Crippen LogP contribution in [0.25, 0.3) is 17.2 Å². The van der Waals surface area contributed by atoms with Gasteiger partial charge in [-0.25, -0.2) is 0 Å². The second kappa shape index (κ2) is 9.99. The van der Waals surface area contributed by atoms with Gasteiger partial charge < -0.3 is 19.8 Å². The second-order valence-electron chi connectivity index (χ2n) is 6.29. The van der Waals surface area contributed by atoms with Crippen molar-refractivity contribution in [3.63, 3.8) is 0 Å². The van der Waals surface area contributed by atoms with Crippen LogP contribution in [0.4, 0.5) is 0 Å². The fourth-order valence-electron chi connectivity index (χ4n) is 2.49. The van der Waals surface area contributed by atoms with E-state index in [0.717, 1.165) is 22.4 Å². The average Bonchev–Trinajstić information content (AvgIpc) is 2.61. The largest absolute Gasteiger partial charge is 0.491 e. The Morgan fingerprint density at radius 3 is 2.16 bits per heavy atom. The quantitative estimate of drug-likeness (QED) is 0.736. The monoisotopic (exact) mass is 341 g/mol. The molecule has 0 heterocycles. The Bertz CT molecular complexity index is 648. The fourth-order valence-corrected chi connectivity index (χ4v) is 2.49. The Morgan fingerprint density at radius 1 is 1.00 bits per heavy atom. The molecule has 0 saturated heterocycles. The summed E-state index contributed by atoms with van der Waals surface area (Å²) in [5.74, 6) is 0.755. The van der Waals surface area contributed by atoms with Crippen LogP contribution < -0.4 is 4.74 Å². The lowest BCUT2D eigenvalue weighted by Gasteiger charge is -2.16. The molecule has 2 rings (SSSR count). The third kappa shape index (κ3) is 6.70. The molecule has 0 aromatic heterocycles. The van der Waals surface area contributed by atoms with Gasteiger partial charge in [0.15, 0.2) is 0 Å².